The van der Waals surface area contributed by atoms with Crippen molar-refractivity contribution in [1.29, 1.82) is 0 Å². The van der Waals surface area contributed by atoms with Gasteiger partial charge in [-0.1, -0.05) is 53.0 Å². The third-order valence-electron chi connectivity index (χ3n) is 4.20. The number of aromatic nitrogens is 1. The van der Waals surface area contributed by atoms with Gasteiger partial charge in [-0.2, -0.15) is 0 Å². The predicted molar refractivity (Wildman–Crippen MR) is 118 cm³/mol. The topological polar surface area (TPSA) is 63.1 Å². The van der Waals surface area contributed by atoms with Gasteiger partial charge in [-0.3, -0.25) is 9.59 Å². The van der Waals surface area contributed by atoms with E-state index in [1.54, 1.807) is 48.7 Å². The number of amides is 1. The Morgan fingerprint density at radius 3 is 2.34 bits per heavy atom. The zero-order valence-corrected chi connectivity index (χ0v) is 17.6. The Kier molecular flexibility index (Phi) is 7.20. The van der Waals surface area contributed by atoms with Crippen LogP contribution in [0.1, 0.15) is 11.1 Å². The quantitative estimate of drug-likeness (QED) is 0.547. The first-order valence-corrected chi connectivity index (χ1v) is 9.94. The lowest BCUT2D eigenvalue weighted by Gasteiger charge is -2.11. The summed E-state index contributed by atoms with van der Waals surface area (Å²) in [7, 11) is 0. The molecule has 1 heterocycles. The molecular weight excluding hydrogens is 433 g/mol. The van der Waals surface area contributed by atoms with Gasteiger partial charge in [-0.25, -0.2) is 0 Å². The Hall–Kier alpha value is -2.47. The lowest BCUT2D eigenvalue weighted by Crippen LogP contribution is -2.32. The molecule has 2 N–H and O–H groups in total. The molecule has 0 saturated heterocycles. The van der Waals surface area contributed by atoms with Crippen LogP contribution in [0.25, 0.3) is 0 Å². The van der Waals surface area contributed by atoms with Crippen LogP contribution in [0.3, 0.4) is 0 Å². The van der Waals surface area contributed by atoms with Crippen molar-refractivity contribution >= 4 is 46.4 Å². The number of benzene rings is 2. The van der Waals surface area contributed by atoms with Gasteiger partial charge in [-0.15, -0.1) is 0 Å². The molecular formula is C21H18Cl3N3O2. The number of pyridine rings is 1. The van der Waals surface area contributed by atoms with E-state index in [9.17, 15) is 9.59 Å². The number of nitrogens with one attached hydrogen (secondary N) is 2. The number of hydrogen-bond acceptors (Lipinski definition) is 3. The van der Waals surface area contributed by atoms with Crippen LogP contribution in [0.4, 0.5) is 5.69 Å². The maximum Gasteiger partial charge on any atom is 0.274 e. The molecule has 0 aliphatic heterocycles. The predicted octanol–water partition coefficient (Wildman–Crippen LogP) is 4.74. The third kappa shape index (κ3) is 6.00. The van der Waals surface area contributed by atoms with Crippen LogP contribution in [0.2, 0.25) is 15.1 Å². The summed E-state index contributed by atoms with van der Waals surface area (Å²) in [6.07, 6.45) is 1.58. The van der Waals surface area contributed by atoms with Crippen LogP contribution in [-0.2, 0) is 24.4 Å². The van der Waals surface area contributed by atoms with Gasteiger partial charge in [0.25, 0.3) is 5.56 Å². The molecule has 0 radical (unpaired) electrons. The van der Waals surface area contributed by atoms with E-state index in [0.29, 0.717) is 33.8 Å². The number of hydrogen-bond donors (Lipinski definition) is 2. The number of rotatable bonds is 7. The van der Waals surface area contributed by atoms with Crippen molar-refractivity contribution in [1.82, 2.24) is 9.88 Å². The first-order valence-electron chi connectivity index (χ1n) is 8.81. The summed E-state index contributed by atoms with van der Waals surface area (Å²) in [6, 6.07) is 15.9. The van der Waals surface area contributed by atoms with Gasteiger partial charge in [0.1, 0.15) is 12.2 Å². The van der Waals surface area contributed by atoms with Crippen LogP contribution < -0.4 is 16.2 Å². The highest BCUT2D eigenvalue weighted by Crippen LogP contribution is 2.22. The molecule has 0 spiro atoms. The van der Waals surface area contributed by atoms with Crippen LogP contribution in [0.15, 0.2) is 65.6 Å². The highest BCUT2D eigenvalue weighted by molar-refractivity contribution is 6.42. The largest absolute Gasteiger partial charge is 0.377 e. The summed E-state index contributed by atoms with van der Waals surface area (Å²) in [5, 5.41) is 7.40. The van der Waals surface area contributed by atoms with Crippen LogP contribution in [-0.4, -0.2) is 10.5 Å². The van der Waals surface area contributed by atoms with Crippen molar-refractivity contribution in [3.05, 3.63) is 97.3 Å². The molecule has 1 amide bonds. The molecule has 2 aromatic carbocycles. The van der Waals surface area contributed by atoms with Crippen molar-refractivity contribution in [2.24, 2.45) is 0 Å². The van der Waals surface area contributed by atoms with Crippen molar-refractivity contribution in [3.8, 4) is 0 Å². The van der Waals surface area contributed by atoms with Gasteiger partial charge < -0.3 is 15.2 Å². The Balaban J connectivity index is 1.59. The number of anilines is 1. The lowest BCUT2D eigenvalue weighted by molar-refractivity contribution is -0.121. The van der Waals surface area contributed by atoms with Gasteiger partial charge in [0.2, 0.25) is 5.91 Å². The smallest absolute Gasteiger partial charge is 0.274 e. The third-order valence-corrected chi connectivity index (χ3v) is 5.20. The molecule has 29 heavy (non-hydrogen) atoms. The molecule has 0 atom stereocenters. The molecule has 0 unspecified atom stereocenters. The molecule has 0 bridgehead atoms. The Morgan fingerprint density at radius 2 is 1.62 bits per heavy atom. The molecule has 0 fully saturated rings. The van der Waals surface area contributed by atoms with Crippen LogP contribution >= 0.6 is 34.8 Å². The second-order valence-electron chi connectivity index (χ2n) is 6.36. The first-order chi connectivity index (χ1) is 13.9. The van der Waals surface area contributed by atoms with E-state index in [1.165, 1.54) is 4.57 Å². The first kappa shape index (κ1) is 21.2. The molecule has 0 saturated carbocycles. The lowest BCUT2D eigenvalue weighted by atomic mass is 10.2. The maximum atomic E-state index is 12.6. The summed E-state index contributed by atoms with van der Waals surface area (Å²) in [5.74, 6) is -0.284. The van der Waals surface area contributed by atoms with Crippen molar-refractivity contribution in [2.75, 3.05) is 5.32 Å². The van der Waals surface area contributed by atoms with Crippen molar-refractivity contribution in [2.45, 2.75) is 19.6 Å². The molecule has 5 nitrogen and oxygen atoms in total. The molecule has 0 aliphatic rings. The summed E-state index contributed by atoms with van der Waals surface area (Å²) >= 11 is 17.7. The van der Waals surface area contributed by atoms with E-state index >= 15 is 0 Å². The normalized spacial score (nSPS) is 10.6. The molecule has 1 aromatic heterocycles. The molecule has 8 heteroatoms. The molecule has 150 valence electrons. The summed E-state index contributed by atoms with van der Waals surface area (Å²) in [6.45, 7) is 0.676. The summed E-state index contributed by atoms with van der Waals surface area (Å²) in [5.41, 5.74) is 1.95. The van der Waals surface area contributed by atoms with Gasteiger partial charge >= 0.3 is 0 Å². The fraction of sp³-hybridized carbons (Fsp3) is 0.143. The number of halogens is 3. The minimum absolute atomic E-state index is 0.0867. The van der Waals surface area contributed by atoms with Crippen molar-refractivity contribution in [3.63, 3.8) is 0 Å². The van der Waals surface area contributed by atoms with E-state index < -0.39 is 0 Å². The fourth-order valence-corrected chi connectivity index (χ4v) is 3.10. The van der Waals surface area contributed by atoms with Gasteiger partial charge in [-0.05, 0) is 47.5 Å². The molecule has 3 aromatic rings. The minimum atomic E-state index is -0.284. The summed E-state index contributed by atoms with van der Waals surface area (Å²) < 4.78 is 1.36. The average Bonchev–Trinajstić information content (AvgIpc) is 2.71. The molecule has 3 rings (SSSR count). The fourth-order valence-electron chi connectivity index (χ4n) is 2.66. The second-order valence-corrected chi connectivity index (χ2v) is 7.61. The second kappa shape index (κ2) is 9.83. The standard InChI is InChI=1S/C21H18Cl3N3O2/c22-16-6-3-14(4-7-16)11-25-19-2-1-9-27(21(19)29)13-20(28)26-12-15-5-8-17(23)18(24)10-15/h1-10,25H,11-13H2,(H,26,28). The van der Waals surface area contributed by atoms with Gasteiger partial charge in [0.05, 0.1) is 10.0 Å². The average molecular weight is 451 g/mol. The number of carbonyl (C=O) groups excluding carboxylic acids is 1. The molecule has 0 aliphatic carbocycles. The monoisotopic (exact) mass is 449 g/mol. The Morgan fingerprint density at radius 1 is 0.897 bits per heavy atom. The van der Waals surface area contributed by atoms with Gasteiger partial charge in [0.15, 0.2) is 0 Å². The zero-order valence-electron chi connectivity index (χ0n) is 15.3. The SMILES string of the molecule is O=C(Cn1cccc(NCc2ccc(Cl)cc2)c1=O)NCc1ccc(Cl)c(Cl)c1. The highest BCUT2D eigenvalue weighted by Gasteiger charge is 2.08. The summed E-state index contributed by atoms with van der Waals surface area (Å²) in [4.78, 5) is 24.9. The van der Waals surface area contributed by atoms with E-state index in [2.05, 4.69) is 10.6 Å². The van der Waals surface area contributed by atoms with E-state index in [4.69, 9.17) is 34.8 Å². The van der Waals surface area contributed by atoms with Crippen molar-refractivity contribution < 1.29 is 4.79 Å². The zero-order chi connectivity index (χ0) is 20.8. The minimum Gasteiger partial charge on any atom is -0.377 e. The van der Waals surface area contributed by atoms with E-state index in [-0.39, 0.29) is 18.0 Å². The van der Waals surface area contributed by atoms with Crippen LogP contribution in [0, 0.1) is 0 Å². The Labute approximate surface area is 183 Å². The Bertz CT molecular complexity index is 1070. The van der Waals surface area contributed by atoms with Crippen LogP contribution in [0.5, 0.6) is 0 Å². The number of nitrogens with zero attached hydrogens (tertiary/aromatic N) is 1. The highest BCUT2D eigenvalue weighted by atomic mass is 35.5. The van der Waals surface area contributed by atoms with E-state index in [0.717, 1.165) is 11.1 Å². The van der Waals surface area contributed by atoms with Gasteiger partial charge in [0, 0.05) is 24.3 Å². The maximum absolute atomic E-state index is 12.6. The number of carbonyl (C=O) groups is 1. The van der Waals surface area contributed by atoms with E-state index in [1.807, 2.05) is 12.1 Å².